The molecule has 207 valence electrons. The molecule has 3 saturated carbocycles. The first kappa shape index (κ1) is 34.5. The fourth-order valence-corrected chi connectivity index (χ4v) is 18.0. The van der Waals surface area contributed by atoms with Crippen molar-refractivity contribution < 1.29 is 28.5 Å². The first-order valence-electron chi connectivity index (χ1n) is 13.8. The van der Waals surface area contributed by atoms with Gasteiger partial charge in [-0.2, -0.15) is 0 Å². The number of carboxylic acid groups (broad SMARTS) is 1. The molecule has 0 aromatic rings. The Morgan fingerprint density at radius 3 is 1.47 bits per heavy atom. The molecule has 0 bridgehead atoms. The van der Waals surface area contributed by atoms with E-state index in [4.69, 9.17) is 5.11 Å². The Balaban J connectivity index is 0.000000502. The van der Waals surface area contributed by atoms with Crippen molar-refractivity contribution in [2.75, 3.05) is 13.1 Å². The second kappa shape index (κ2) is 18.7. The van der Waals surface area contributed by atoms with Crippen LogP contribution in [0.2, 0.25) is 13.3 Å². The number of nitrogens with zero attached hydrogens (tertiary/aromatic N) is 1. The predicted octanol–water partition coefficient (Wildman–Crippen LogP) is 6.37. The minimum atomic E-state index is -1.96. The molecule has 3 aliphatic carbocycles. The van der Waals surface area contributed by atoms with Gasteiger partial charge in [-0.05, 0) is 6.42 Å². The van der Waals surface area contributed by atoms with E-state index in [2.05, 4.69) is 5.32 Å². The van der Waals surface area contributed by atoms with E-state index in [1.807, 2.05) is 0 Å². The van der Waals surface area contributed by atoms with Crippen LogP contribution in [0.25, 0.3) is 5.32 Å². The van der Waals surface area contributed by atoms with Crippen molar-refractivity contribution >= 4 is 49.6 Å². The molecule has 4 aliphatic rings. The van der Waals surface area contributed by atoms with E-state index in [1.54, 1.807) is 6.08 Å². The van der Waals surface area contributed by atoms with Crippen molar-refractivity contribution in [2.45, 2.75) is 115 Å². The number of carboxylic acids is 1. The van der Waals surface area contributed by atoms with Crippen molar-refractivity contribution in [3.63, 3.8) is 0 Å². The fourth-order valence-electron chi connectivity index (χ4n) is 6.30. The second-order valence-electron chi connectivity index (χ2n) is 11.0. The van der Waals surface area contributed by atoms with Crippen molar-refractivity contribution in [3.05, 3.63) is 17.0 Å². The van der Waals surface area contributed by atoms with Crippen LogP contribution in [-0.4, -0.2) is 91.8 Å². The van der Waals surface area contributed by atoms with Gasteiger partial charge in [-0.3, -0.25) is 0 Å². The zero-order valence-electron chi connectivity index (χ0n) is 21.8. The number of hydrogen-bond donors (Lipinski definition) is 1. The number of aliphatic carboxylic acids is 1. The molecule has 9 heteroatoms. The summed E-state index contributed by atoms with van der Waals surface area (Å²) in [4.78, 5) is 10.2. The Morgan fingerprint density at radius 1 is 0.806 bits per heavy atom. The van der Waals surface area contributed by atoms with Gasteiger partial charge in [-0.15, -0.1) is 13.1 Å². The maximum atomic E-state index is 14.4. The Bertz CT molecular complexity index is 601. The van der Waals surface area contributed by atoms with Crippen LogP contribution in [-0.2, 0) is 4.79 Å². The molecule has 1 aliphatic heterocycles. The topological polar surface area (TPSA) is 82.9 Å². The quantitative estimate of drug-likeness (QED) is 0.310. The Hall–Kier alpha value is 0.517. The van der Waals surface area contributed by atoms with Gasteiger partial charge >= 0.3 is 189 Å². The third-order valence-corrected chi connectivity index (χ3v) is 17.8. The summed E-state index contributed by atoms with van der Waals surface area (Å²) in [7, 11) is 0. The molecule has 6 unspecified atom stereocenters. The zero-order valence-corrected chi connectivity index (χ0v) is 27.9. The summed E-state index contributed by atoms with van der Waals surface area (Å²) in [6.07, 6.45) is 12.2. The number of alkyl halides is 3. The molecule has 0 spiro atoms. The molecule has 1 heterocycles. The van der Waals surface area contributed by atoms with Gasteiger partial charge in [0, 0.05) is 5.57 Å². The van der Waals surface area contributed by atoms with Crippen LogP contribution in [0, 0.1) is 17.8 Å². The summed E-state index contributed by atoms with van der Waals surface area (Å²) in [5, 5.41) is 12.4. The van der Waals surface area contributed by atoms with Gasteiger partial charge in [0.05, 0.1) is 0 Å². The van der Waals surface area contributed by atoms with Crippen LogP contribution < -0.4 is 0 Å². The molecule has 0 saturated heterocycles. The van der Waals surface area contributed by atoms with Crippen molar-refractivity contribution in [1.82, 2.24) is 0 Å². The molecule has 0 aromatic heterocycles. The van der Waals surface area contributed by atoms with Gasteiger partial charge in [0.1, 0.15) is 0 Å². The number of hydrogen-bond acceptors (Lipinski definition) is 1. The molecular formula is C27H47F3NO3Sn2. The predicted molar refractivity (Wildman–Crippen MR) is 145 cm³/mol. The molecule has 6 atom stereocenters. The van der Waals surface area contributed by atoms with E-state index in [-0.39, 0.29) is 47.1 Å². The SMILES string of the molecule is FC1CCCCC1[CH2][Sn+]([CH2]C1CCCCC1F)[CH2]C1CCCCC1F.O.O=C(O)C1=CC[N-]CC1.[SnH]. The molecule has 3 fully saturated rings. The fraction of sp³-hybridized carbons (Fsp3) is 0.889. The van der Waals surface area contributed by atoms with Crippen LogP contribution in [0.5, 0.6) is 0 Å². The van der Waals surface area contributed by atoms with Crippen molar-refractivity contribution in [2.24, 2.45) is 17.8 Å². The number of carbonyl (C=O) groups is 1. The monoisotopic (exact) mass is 730 g/mol. The molecule has 4 rings (SSSR count). The van der Waals surface area contributed by atoms with Crippen LogP contribution in [0.4, 0.5) is 13.2 Å². The van der Waals surface area contributed by atoms with Gasteiger partial charge in [0.25, 0.3) is 0 Å². The average Bonchev–Trinajstić information content (AvgIpc) is 2.84. The first-order chi connectivity index (χ1) is 16.4. The van der Waals surface area contributed by atoms with Crippen molar-refractivity contribution in [1.29, 1.82) is 0 Å². The van der Waals surface area contributed by atoms with Gasteiger partial charge < -0.3 is 15.9 Å². The maximum absolute atomic E-state index is 14.4. The number of rotatable bonds is 7. The third-order valence-electron chi connectivity index (χ3n) is 8.38. The van der Waals surface area contributed by atoms with Crippen molar-refractivity contribution in [3.8, 4) is 0 Å². The van der Waals surface area contributed by atoms with E-state index in [1.165, 1.54) is 0 Å². The minimum absolute atomic E-state index is 0. The van der Waals surface area contributed by atoms with E-state index in [0.717, 1.165) is 90.4 Å². The third kappa shape index (κ3) is 11.7. The van der Waals surface area contributed by atoms with Crippen LogP contribution in [0.1, 0.15) is 83.5 Å². The molecule has 3 N–H and O–H groups in total. The molecule has 0 aromatic carbocycles. The van der Waals surface area contributed by atoms with Gasteiger partial charge in [0.15, 0.2) is 0 Å². The van der Waals surface area contributed by atoms with E-state index in [9.17, 15) is 18.0 Å². The number of halogens is 3. The molecule has 4 nitrogen and oxygen atoms in total. The Morgan fingerprint density at radius 2 is 1.19 bits per heavy atom. The van der Waals surface area contributed by atoms with E-state index >= 15 is 0 Å². The van der Waals surface area contributed by atoms with Crippen LogP contribution in [0.3, 0.4) is 0 Å². The van der Waals surface area contributed by atoms with Gasteiger partial charge in [-0.1, -0.05) is 6.08 Å². The molecular weight excluding hydrogens is 681 g/mol. The summed E-state index contributed by atoms with van der Waals surface area (Å²) in [5.74, 6) is -0.116. The van der Waals surface area contributed by atoms with Crippen LogP contribution in [0.15, 0.2) is 11.6 Å². The normalized spacial score (nSPS) is 32.5. The summed E-state index contributed by atoms with van der Waals surface area (Å²) in [6.45, 7) is 1.24. The second-order valence-corrected chi connectivity index (χ2v) is 18.7. The standard InChI is InChI=1S/3C7H12F.C6H8NO2.H2O.2Sn.H/c3*1-6-4-2-3-5-7(6)8;8-6(9)5-1-3-7-4-2-5;;;;/h3*6-7H,1-5H2;1H,2-4H2,(H,8,9);1H2;;;/q;;;-1;;;+1;. The summed E-state index contributed by atoms with van der Waals surface area (Å²) in [6, 6.07) is 0. The average molecular weight is 728 g/mol. The summed E-state index contributed by atoms with van der Waals surface area (Å²) >= 11 is -1.96. The summed E-state index contributed by atoms with van der Waals surface area (Å²) < 4.78 is 46.4. The zero-order chi connectivity index (χ0) is 24.3. The van der Waals surface area contributed by atoms with E-state index in [0.29, 0.717) is 25.1 Å². The van der Waals surface area contributed by atoms with E-state index < -0.39 is 44.2 Å². The Labute approximate surface area is 240 Å². The van der Waals surface area contributed by atoms with Crippen LogP contribution >= 0.6 is 0 Å². The first-order valence-corrected chi connectivity index (χ1v) is 19.8. The molecule has 3 radical (unpaired) electrons. The molecule has 0 amide bonds. The van der Waals surface area contributed by atoms with Gasteiger partial charge in [0.2, 0.25) is 0 Å². The summed E-state index contributed by atoms with van der Waals surface area (Å²) in [5.41, 5.74) is 0.505. The molecule has 36 heavy (non-hydrogen) atoms. The van der Waals surface area contributed by atoms with Gasteiger partial charge in [-0.25, -0.2) is 4.79 Å². The Kier molecular flexibility index (Phi) is 18.0.